The second-order valence-electron chi connectivity index (χ2n) is 6.14. The molecule has 102 valence electrons. The van der Waals surface area contributed by atoms with Crippen molar-refractivity contribution in [3.8, 4) is 0 Å². The number of rotatable bonds is 5. The van der Waals surface area contributed by atoms with Crippen molar-refractivity contribution in [3.63, 3.8) is 0 Å². The Balaban J connectivity index is 1.90. The van der Waals surface area contributed by atoms with E-state index in [2.05, 4.69) is 20.8 Å². The van der Waals surface area contributed by atoms with Crippen molar-refractivity contribution in [2.75, 3.05) is 0 Å². The zero-order valence-electron chi connectivity index (χ0n) is 11.6. The van der Waals surface area contributed by atoms with Gasteiger partial charge in [-0.15, -0.1) is 0 Å². The summed E-state index contributed by atoms with van der Waals surface area (Å²) in [7, 11) is 0. The maximum absolute atomic E-state index is 10.1. The molecule has 0 aliphatic carbocycles. The predicted octanol–water partition coefficient (Wildman–Crippen LogP) is 3.69. The Morgan fingerprint density at radius 2 is 2.28 bits per heavy atom. The summed E-state index contributed by atoms with van der Waals surface area (Å²) >= 11 is 0. The van der Waals surface area contributed by atoms with Crippen LogP contribution in [0.3, 0.4) is 0 Å². The molecule has 1 saturated heterocycles. The Kier molecular flexibility index (Phi) is 4.13. The molecule has 1 N–H and O–H groups in total. The van der Waals surface area contributed by atoms with Gasteiger partial charge in [-0.05, 0) is 38.2 Å². The smallest absolute Gasteiger partial charge is 0.0960 e. The minimum atomic E-state index is -0.266. The van der Waals surface area contributed by atoms with Gasteiger partial charge in [-0.3, -0.25) is 0 Å². The third-order valence-corrected chi connectivity index (χ3v) is 3.69. The molecular formula is C15H24O3. The van der Waals surface area contributed by atoms with Crippen LogP contribution in [-0.4, -0.2) is 16.8 Å². The highest BCUT2D eigenvalue weighted by atomic mass is 16.5. The molecule has 0 radical (unpaired) electrons. The van der Waals surface area contributed by atoms with Crippen LogP contribution in [0.2, 0.25) is 0 Å². The highest BCUT2D eigenvalue weighted by molar-refractivity contribution is 5.12. The number of aliphatic hydroxyl groups is 1. The van der Waals surface area contributed by atoms with E-state index >= 15 is 0 Å². The van der Waals surface area contributed by atoms with Crippen LogP contribution in [0.25, 0.3) is 0 Å². The van der Waals surface area contributed by atoms with E-state index in [-0.39, 0.29) is 17.8 Å². The van der Waals surface area contributed by atoms with Crippen molar-refractivity contribution < 1.29 is 14.3 Å². The lowest BCUT2D eigenvalue weighted by Crippen LogP contribution is -2.30. The van der Waals surface area contributed by atoms with Gasteiger partial charge in [0.1, 0.15) is 0 Å². The molecule has 3 nitrogen and oxygen atoms in total. The third kappa shape index (κ3) is 3.36. The van der Waals surface area contributed by atoms with Gasteiger partial charge in [-0.2, -0.15) is 0 Å². The number of ether oxygens (including phenoxy) is 1. The molecule has 0 spiro atoms. The summed E-state index contributed by atoms with van der Waals surface area (Å²) in [5.74, 6) is 0.523. The van der Waals surface area contributed by atoms with Gasteiger partial charge in [-0.1, -0.05) is 13.8 Å². The monoisotopic (exact) mass is 252 g/mol. The summed E-state index contributed by atoms with van der Waals surface area (Å²) < 4.78 is 11.2. The molecule has 0 bridgehead atoms. The standard InChI is InChI=1S/C15H24O3/c1-11(2)8-13(16)9-15(3)6-4-14(18-15)12-5-7-17-10-12/h5,7,10-11,13-14,16H,4,6,8-9H2,1-3H3/t13-,14+,15-/m1/s1. The molecule has 0 saturated carbocycles. The summed E-state index contributed by atoms with van der Waals surface area (Å²) in [6.45, 7) is 6.38. The van der Waals surface area contributed by atoms with Crippen LogP contribution in [0.15, 0.2) is 23.0 Å². The summed E-state index contributed by atoms with van der Waals surface area (Å²) in [6.07, 6.45) is 6.86. The second-order valence-corrected chi connectivity index (χ2v) is 6.14. The number of aliphatic hydroxyl groups excluding tert-OH is 1. The van der Waals surface area contributed by atoms with E-state index < -0.39 is 0 Å². The molecule has 1 aromatic rings. The lowest BCUT2D eigenvalue weighted by Gasteiger charge is -2.28. The first-order valence-electron chi connectivity index (χ1n) is 6.86. The van der Waals surface area contributed by atoms with E-state index in [1.165, 1.54) is 0 Å². The second kappa shape index (κ2) is 5.45. The normalized spacial score (nSPS) is 29.9. The van der Waals surface area contributed by atoms with Crippen LogP contribution in [0.1, 0.15) is 58.1 Å². The van der Waals surface area contributed by atoms with Gasteiger partial charge < -0.3 is 14.3 Å². The summed E-state index contributed by atoms with van der Waals surface area (Å²) in [5, 5.41) is 10.1. The Bertz CT molecular complexity index is 358. The van der Waals surface area contributed by atoms with Gasteiger partial charge in [0, 0.05) is 12.0 Å². The average Bonchev–Trinajstić information content (AvgIpc) is 2.84. The van der Waals surface area contributed by atoms with Gasteiger partial charge in [0.25, 0.3) is 0 Å². The van der Waals surface area contributed by atoms with E-state index in [1.807, 2.05) is 6.07 Å². The SMILES string of the molecule is CC(C)C[C@@H](O)C[C@@]1(C)CC[C@@H](c2ccoc2)O1. The van der Waals surface area contributed by atoms with E-state index in [4.69, 9.17) is 9.15 Å². The van der Waals surface area contributed by atoms with E-state index in [9.17, 15) is 5.11 Å². The third-order valence-electron chi connectivity index (χ3n) is 3.69. The fraction of sp³-hybridized carbons (Fsp3) is 0.733. The zero-order valence-corrected chi connectivity index (χ0v) is 11.6. The molecule has 0 amide bonds. The van der Waals surface area contributed by atoms with E-state index in [1.54, 1.807) is 12.5 Å². The van der Waals surface area contributed by atoms with Crippen molar-refractivity contribution >= 4 is 0 Å². The molecule has 3 atom stereocenters. The van der Waals surface area contributed by atoms with Gasteiger partial charge in [-0.25, -0.2) is 0 Å². The summed E-state index contributed by atoms with van der Waals surface area (Å²) in [5.41, 5.74) is 0.910. The van der Waals surface area contributed by atoms with Crippen molar-refractivity contribution in [1.82, 2.24) is 0 Å². The molecule has 1 aliphatic rings. The quantitative estimate of drug-likeness (QED) is 0.869. The Morgan fingerprint density at radius 1 is 1.50 bits per heavy atom. The first kappa shape index (κ1) is 13.6. The molecule has 1 aromatic heterocycles. The fourth-order valence-corrected chi connectivity index (χ4v) is 2.87. The number of hydrogen-bond donors (Lipinski definition) is 1. The topological polar surface area (TPSA) is 42.6 Å². The van der Waals surface area contributed by atoms with Crippen molar-refractivity contribution in [3.05, 3.63) is 24.2 Å². The highest BCUT2D eigenvalue weighted by Crippen LogP contribution is 2.42. The minimum absolute atomic E-state index is 0.125. The van der Waals surface area contributed by atoms with Gasteiger partial charge in [0.15, 0.2) is 0 Å². The maximum Gasteiger partial charge on any atom is 0.0960 e. The zero-order chi connectivity index (χ0) is 13.2. The molecule has 2 rings (SSSR count). The van der Waals surface area contributed by atoms with Gasteiger partial charge in [0.2, 0.25) is 0 Å². The molecule has 0 aromatic carbocycles. The van der Waals surface area contributed by atoms with Crippen molar-refractivity contribution in [2.45, 2.75) is 64.3 Å². The largest absolute Gasteiger partial charge is 0.472 e. The van der Waals surface area contributed by atoms with Crippen molar-refractivity contribution in [1.29, 1.82) is 0 Å². The van der Waals surface area contributed by atoms with Crippen LogP contribution < -0.4 is 0 Å². The van der Waals surface area contributed by atoms with E-state index in [0.717, 1.165) is 31.2 Å². The Labute approximate surface area is 109 Å². The molecule has 2 heterocycles. The van der Waals surface area contributed by atoms with Crippen LogP contribution in [0, 0.1) is 5.92 Å². The van der Waals surface area contributed by atoms with Crippen LogP contribution in [-0.2, 0) is 4.74 Å². The van der Waals surface area contributed by atoms with Gasteiger partial charge >= 0.3 is 0 Å². The Morgan fingerprint density at radius 3 is 2.89 bits per heavy atom. The highest BCUT2D eigenvalue weighted by Gasteiger charge is 2.38. The minimum Gasteiger partial charge on any atom is -0.472 e. The molecule has 18 heavy (non-hydrogen) atoms. The van der Waals surface area contributed by atoms with Crippen molar-refractivity contribution in [2.24, 2.45) is 5.92 Å². The molecule has 1 fully saturated rings. The molecule has 0 unspecified atom stereocenters. The number of hydrogen-bond acceptors (Lipinski definition) is 3. The predicted molar refractivity (Wildman–Crippen MR) is 70.3 cm³/mol. The number of furan rings is 1. The van der Waals surface area contributed by atoms with Crippen LogP contribution in [0.5, 0.6) is 0 Å². The average molecular weight is 252 g/mol. The van der Waals surface area contributed by atoms with E-state index in [0.29, 0.717) is 5.92 Å². The molecule has 3 heteroatoms. The van der Waals surface area contributed by atoms with Crippen LogP contribution in [0.4, 0.5) is 0 Å². The molecule has 1 aliphatic heterocycles. The maximum atomic E-state index is 10.1. The molecular weight excluding hydrogens is 228 g/mol. The summed E-state index contributed by atoms with van der Waals surface area (Å²) in [4.78, 5) is 0. The Hall–Kier alpha value is -0.800. The lowest BCUT2D eigenvalue weighted by atomic mass is 9.91. The lowest BCUT2D eigenvalue weighted by molar-refractivity contribution is -0.0602. The summed E-state index contributed by atoms with van der Waals surface area (Å²) in [6, 6.07) is 1.96. The van der Waals surface area contributed by atoms with Crippen LogP contribution >= 0.6 is 0 Å². The van der Waals surface area contributed by atoms with Gasteiger partial charge in [0.05, 0.1) is 30.3 Å². The first-order valence-corrected chi connectivity index (χ1v) is 6.86. The fourth-order valence-electron chi connectivity index (χ4n) is 2.87. The first-order chi connectivity index (χ1) is 8.48.